The van der Waals surface area contributed by atoms with Crippen LogP contribution in [0.25, 0.3) is 0 Å². The van der Waals surface area contributed by atoms with Crippen LogP contribution in [0.15, 0.2) is 54.6 Å². The van der Waals surface area contributed by atoms with Crippen LogP contribution < -0.4 is 10.6 Å². The average molecular weight is 368 g/mol. The second-order valence-electron chi connectivity index (χ2n) is 6.89. The second kappa shape index (κ2) is 8.49. The second-order valence-corrected chi connectivity index (χ2v) is 6.89. The summed E-state index contributed by atoms with van der Waals surface area (Å²) < 4.78 is 0. The van der Waals surface area contributed by atoms with Gasteiger partial charge >= 0.3 is 5.97 Å². The number of carboxylic acid groups (broad SMARTS) is 1. The molecule has 27 heavy (non-hydrogen) atoms. The normalized spacial score (nSPS) is 12.9. The molecule has 0 aromatic heterocycles. The van der Waals surface area contributed by atoms with Gasteiger partial charge < -0.3 is 15.7 Å². The van der Waals surface area contributed by atoms with Gasteiger partial charge in [0.25, 0.3) is 11.8 Å². The van der Waals surface area contributed by atoms with Crippen molar-refractivity contribution in [1.29, 1.82) is 0 Å². The third kappa shape index (κ3) is 4.94. The smallest absolute Gasteiger partial charge is 0.315 e. The van der Waals surface area contributed by atoms with Crippen molar-refractivity contribution in [1.82, 2.24) is 10.6 Å². The third-order valence-corrected chi connectivity index (χ3v) is 4.31. The monoisotopic (exact) mass is 368 g/mol. The largest absolute Gasteiger partial charge is 0.481 e. The van der Waals surface area contributed by atoms with Crippen LogP contribution in [-0.2, 0) is 10.2 Å². The van der Waals surface area contributed by atoms with E-state index in [1.54, 1.807) is 61.5 Å². The lowest BCUT2D eigenvalue weighted by Crippen LogP contribution is -2.44. The van der Waals surface area contributed by atoms with Gasteiger partial charge in [-0.1, -0.05) is 30.3 Å². The highest BCUT2D eigenvalue weighted by atomic mass is 16.4. The van der Waals surface area contributed by atoms with E-state index in [1.165, 1.54) is 0 Å². The molecule has 0 spiro atoms. The Kier molecular flexibility index (Phi) is 6.34. The van der Waals surface area contributed by atoms with Crippen LogP contribution in [0, 0.1) is 0 Å². The SMILES string of the molecule is CC(C)NC(=O)c1ccc(C(=O)NCC(C)(C(=O)O)c2ccccc2)cc1. The minimum absolute atomic E-state index is 0.0205. The molecule has 0 aliphatic heterocycles. The molecule has 2 amide bonds. The molecule has 0 fully saturated rings. The van der Waals surface area contributed by atoms with E-state index in [4.69, 9.17) is 0 Å². The van der Waals surface area contributed by atoms with E-state index in [9.17, 15) is 19.5 Å². The third-order valence-electron chi connectivity index (χ3n) is 4.31. The fourth-order valence-corrected chi connectivity index (χ4v) is 2.58. The molecule has 0 bridgehead atoms. The van der Waals surface area contributed by atoms with Gasteiger partial charge in [0.2, 0.25) is 0 Å². The van der Waals surface area contributed by atoms with Crippen LogP contribution in [0.5, 0.6) is 0 Å². The summed E-state index contributed by atoms with van der Waals surface area (Å²) in [6, 6.07) is 15.0. The van der Waals surface area contributed by atoms with Gasteiger partial charge in [-0.05, 0) is 50.6 Å². The molecule has 3 N–H and O–H groups in total. The molecule has 0 radical (unpaired) electrons. The number of amides is 2. The number of carboxylic acids is 1. The first-order valence-electron chi connectivity index (χ1n) is 8.72. The van der Waals surface area contributed by atoms with E-state index >= 15 is 0 Å². The van der Waals surface area contributed by atoms with E-state index in [-0.39, 0.29) is 18.5 Å². The zero-order valence-corrected chi connectivity index (χ0v) is 15.7. The number of rotatable bonds is 7. The van der Waals surface area contributed by atoms with Gasteiger partial charge in [-0.15, -0.1) is 0 Å². The Labute approximate surface area is 158 Å². The Bertz CT molecular complexity index is 816. The van der Waals surface area contributed by atoms with Gasteiger partial charge in [-0.2, -0.15) is 0 Å². The minimum atomic E-state index is -1.24. The first kappa shape index (κ1) is 20.2. The zero-order valence-electron chi connectivity index (χ0n) is 15.7. The molecule has 6 nitrogen and oxygen atoms in total. The summed E-state index contributed by atoms with van der Waals surface area (Å²) in [5, 5.41) is 15.1. The Balaban J connectivity index is 2.08. The lowest BCUT2D eigenvalue weighted by molar-refractivity contribution is -0.142. The van der Waals surface area contributed by atoms with E-state index < -0.39 is 17.3 Å². The number of hydrogen-bond donors (Lipinski definition) is 3. The van der Waals surface area contributed by atoms with Crippen LogP contribution >= 0.6 is 0 Å². The number of aliphatic carboxylic acids is 1. The van der Waals surface area contributed by atoms with Crippen molar-refractivity contribution in [2.45, 2.75) is 32.2 Å². The molecule has 6 heteroatoms. The summed E-state index contributed by atoms with van der Waals surface area (Å²) >= 11 is 0. The van der Waals surface area contributed by atoms with Crippen molar-refractivity contribution in [2.75, 3.05) is 6.54 Å². The Morgan fingerprint density at radius 2 is 1.44 bits per heavy atom. The van der Waals surface area contributed by atoms with E-state index in [1.807, 2.05) is 13.8 Å². The van der Waals surface area contributed by atoms with Crippen molar-refractivity contribution in [3.63, 3.8) is 0 Å². The Hall–Kier alpha value is -3.15. The predicted molar refractivity (Wildman–Crippen MR) is 103 cm³/mol. The molecule has 1 atom stereocenters. The fourth-order valence-electron chi connectivity index (χ4n) is 2.58. The highest BCUT2D eigenvalue weighted by Crippen LogP contribution is 2.23. The minimum Gasteiger partial charge on any atom is -0.481 e. The summed E-state index contributed by atoms with van der Waals surface area (Å²) in [6.07, 6.45) is 0. The molecule has 0 saturated carbocycles. The topological polar surface area (TPSA) is 95.5 Å². The van der Waals surface area contributed by atoms with Crippen LogP contribution in [0.1, 0.15) is 47.1 Å². The van der Waals surface area contributed by atoms with Crippen molar-refractivity contribution >= 4 is 17.8 Å². The van der Waals surface area contributed by atoms with Crippen LogP contribution in [0.2, 0.25) is 0 Å². The number of carbonyl (C=O) groups is 3. The highest BCUT2D eigenvalue weighted by molar-refractivity contribution is 5.98. The number of carbonyl (C=O) groups excluding carboxylic acids is 2. The van der Waals surface area contributed by atoms with Crippen LogP contribution in [-0.4, -0.2) is 35.5 Å². The first-order valence-corrected chi connectivity index (χ1v) is 8.72. The quantitative estimate of drug-likeness (QED) is 0.700. The predicted octanol–water partition coefficient (Wildman–Crippen LogP) is 2.60. The number of nitrogens with one attached hydrogen (secondary N) is 2. The van der Waals surface area contributed by atoms with E-state index in [0.29, 0.717) is 16.7 Å². The Morgan fingerprint density at radius 3 is 1.93 bits per heavy atom. The maximum absolute atomic E-state index is 12.4. The maximum atomic E-state index is 12.4. The molecule has 0 aliphatic rings. The highest BCUT2D eigenvalue weighted by Gasteiger charge is 2.35. The summed E-state index contributed by atoms with van der Waals surface area (Å²) in [5.41, 5.74) is 0.184. The summed E-state index contributed by atoms with van der Waals surface area (Å²) in [7, 11) is 0. The summed E-state index contributed by atoms with van der Waals surface area (Å²) in [6.45, 7) is 5.25. The number of hydrogen-bond acceptors (Lipinski definition) is 3. The average Bonchev–Trinajstić information content (AvgIpc) is 2.66. The van der Waals surface area contributed by atoms with Gasteiger partial charge in [0.05, 0.1) is 0 Å². The molecular weight excluding hydrogens is 344 g/mol. The molecule has 2 aromatic carbocycles. The summed E-state index contributed by atoms with van der Waals surface area (Å²) in [4.78, 5) is 36.1. The molecular formula is C21H24N2O4. The van der Waals surface area contributed by atoms with Gasteiger partial charge in [0, 0.05) is 23.7 Å². The van der Waals surface area contributed by atoms with Gasteiger partial charge in [-0.25, -0.2) is 0 Å². The summed E-state index contributed by atoms with van der Waals surface area (Å²) in [5.74, 6) is -1.62. The molecule has 0 heterocycles. The first-order chi connectivity index (χ1) is 12.7. The zero-order chi connectivity index (χ0) is 20.0. The van der Waals surface area contributed by atoms with Crippen molar-refractivity contribution in [3.8, 4) is 0 Å². The van der Waals surface area contributed by atoms with Crippen LogP contribution in [0.4, 0.5) is 0 Å². The fraction of sp³-hybridized carbons (Fsp3) is 0.286. The van der Waals surface area contributed by atoms with E-state index in [0.717, 1.165) is 0 Å². The van der Waals surface area contributed by atoms with Crippen molar-refractivity contribution < 1.29 is 19.5 Å². The standard InChI is InChI=1S/C21H24N2O4/c1-14(2)23-19(25)16-11-9-15(10-12-16)18(24)22-13-21(3,20(26)27)17-7-5-4-6-8-17/h4-12,14H,13H2,1-3H3,(H,22,24)(H,23,25)(H,26,27). The van der Waals surface area contributed by atoms with Gasteiger partial charge in [0.1, 0.15) is 5.41 Å². The van der Waals surface area contributed by atoms with Crippen molar-refractivity contribution in [3.05, 3.63) is 71.3 Å². The molecule has 0 saturated heterocycles. The maximum Gasteiger partial charge on any atom is 0.315 e. The Morgan fingerprint density at radius 1 is 0.926 bits per heavy atom. The van der Waals surface area contributed by atoms with Gasteiger partial charge in [-0.3, -0.25) is 14.4 Å². The van der Waals surface area contributed by atoms with E-state index in [2.05, 4.69) is 10.6 Å². The van der Waals surface area contributed by atoms with Crippen LogP contribution in [0.3, 0.4) is 0 Å². The lowest BCUT2D eigenvalue weighted by Gasteiger charge is -2.25. The lowest BCUT2D eigenvalue weighted by atomic mass is 9.82. The molecule has 0 aliphatic carbocycles. The molecule has 142 valence electrons. The molecule has 2 rings (SSSR count). The van der Waals surface area contributed by atoms with Gasteiger partial charge in [0.15, 0.2) is 0 Å². The number of benzene rings is 2. The van der Waals surface area contributed by atoms with Crippen molar-refractivity contribution in [2.24, 2.45) is 0 Å². The molecule has 1 unspecified atom stereocenters. The molecule has 2 aromatic rings.